The van der Waals surface area contributed by atoms with Gasteiger partial charge in [-0.2, -0.15) is 5.06 Å². The van der Waals surface area contributed by atoms with Crippen LogP contribution in [0.3, 0.4) is 0 Å². The van der Waals surface area contributed by atoms with Crippen molar-refractivity contribution < 1.29 is 38.3 Å². The number of rotatable bonds is 14. The largest absolute Gasteiger partial charge is 0.482 e. The van der Waals surface area contributed by atoms with Crippen molar-refractivity contribution in [1.82, 2.24) is 5.32 Å². The van der Waals surface area contributed by atoms with Gasteiger partial charge in [0.05, 0.1) is 38.6 Å². The number of esters is 1. The van der Waals surface area contributed by atoms with Crippen LogP contribution in [-0.4, -0.2) is 77.7 Å². The summed E-state index contributed by atoms with van der Waals surface area (Å²) in [6.07, 6.45) is 0.0571. The third-order valence-electron chi connectivity index (χ3n) is 7.64. The van der Waals surface area contributed by atoms with Gasteiger partial charge in [0, 0.05) is 25.5 Å². The molecule has 0 aromatic heterocycles. The Morgan fingerprint density at radius 2 is 1.20 bits per heavy atom. The highest BCUT2D eigenvalue weighted by Crippen LogP contribution is 2.29. The van der Waals surface area contributed by atoms with Gasteiger partial charge in [0.25, 0.3) is 5.91 Å². The van der Waals surface area contributed by atoms with Gasteiger partial charge < -0.3 is 24.6 Å². The quantitative estimate of drug-likeness (QED) is 0.154. The lowest BCUT2D eigenvalue weighted by molar-refractivity contribution is -0.139. The molecule has 13 heteroatoms. The zero-order valence-electron chi connectivity index (χ0n) is 28.3. The Labute approximate surface area is 290 Å². The number of nitrogens with one attached hydrogen (secondary N) is 1. The van der Waals surface area contributed by atoms with E-state index in [0.717, 1.165) is 5.06 Å². The Balaban J connectivity index is 1.53. The molecule has 4 rings (SSSR count). The molecule has 0 unspecified atom stereocenters. The SMILES string of the molecule is COC(=O)Cc1ccc(N(OC)C(=O)NCC(=O)N(CC(=O)N(C)c2ccccc2)c2ccccc2OCC(=O)N(C)c2ccccc2)cc1. The Hall–Kier alpha value is -6.21. The molecule has 0 atom stereocenters. The number of hydrogen-bond donors (Lipinski definition) is 1. The highest BCUT2D eigenvalue weighted by atomic mass is 16.7. The van der Waals surface area contributed by atoms with Crippen LogP contribution in [0.25, 0.3) is 0 Å². The summed E-state index contributed by atoms with van der Waals surface area (Å²) in [5, 5.41) is 3.49. The first-order chi connectivity index (χ1) is 24.1. The predicted octanol–water partition coefficient (Wildman–Crippen LogP) is 4.22. The molecule has 0 saturated heterocycles. The first-order valence-electron chi connectivity index (χ1n) is 15.6. The monoisotopic (exact) mass is 681 g/mol. The van der Waals surface area contributed by atoms with Crippen molar-refractivity contribution in [2.24, 2.45) is 0 Å². The minimum absolute atomic E-state index is 0.0571. The Bertz CT molecular complexity index is 1770. The maximum atomic E-state index is 13.9. The average Bonchev–Trinajstić information content (AvgIpc) is 3.16. The van der Waals surface area contributed by atoms with E-state index in [4.69, 9.17) is 14.3 Å². The van der Waals surface area contributed by atoms with Crippen LogP contribution in [0.5, 0.6) is 5.75 Å². The molecule has 0 bridgehead atoms. The number of hydroxylamine groups is 1. The number of nitrogens with zero attached hydrogens (tertiary/aromatic N) is 4. The highest BCUT2D eigenvalue weighted by Gasteiger charge is 2.26. The molecule has 0 heterocycles. The number of ether oxygens (including phenoxy) is 2. The van der Waals surface area contributed by atoms with E-state index in [1.807, 2.05) is 24.3 Å². The molecular weight excluding hydrogens is 642 g/mol. The van der Waals surface area contributed by atoms with Crippen LogP contribution in [0.15, 0.2) is 109 Å². The van der Waals surface area contributed by atoms with E-state index in [-0.39, 0.29) is 30.4 Å². The molecule has 13 nitrogen and oxygen atoms in total. The fraction of sp³-hybridized carbons (Fsp3) is 0.216. The van der Waals surface area contributed by atoms with E-state index in [1.54, 1.807) is 99.0 Å². The molecule has 4 aromatic rings. The molecule has 0 saturated carbocycles. The van der Waals surface area contributed by atoms with Gasteiger partial charge in [-0.3, -0.25) is 28.9 Å². The number of carbonyl (C=O) groups is 5. The maximum Gasteiger partial charge on any atom is 0.346 e. The summed E-state index contributed by atoms with van der Waals surface area (Å²) >= 11 is 0. The van der Waals surface area contributed by atoms with E-state index >= 15 is 0 Å². The van der Waals surface area contributed by atoms with Gasteiger partial charge in [0.2, 0.25) is 11.8 Å². The van der Waals surface area contributed by atoms with Crippen LogP contribution < -0.4 is 29.8 Å². The summed E-state index contributed by atoms with van der Waals surface area (Å²) in [4.78, 5) is 74.5. The predicted molar refractivity (Wildman–Crippen MR) is 189 cm³/mol. The third kappa shape index (κ3) is 9.67. The lowest BCUT2D eigenvalue weighted by Crippen LogP contribution is -2.48. The fourth-order valence-corrected chi connectivity index (χ4v) is 4.79. The zero-order valence-corrected chi connectivity index (χ0v) is 28.3. The Morgan fingerprint density at radius 3 is 1.78 bits per heavy atom. The topological polar surface area (TPSA) is 138 Å². The number of hydrogen-bond acceptors (Lipinski definition) is 8. The minimum atomic E-state index is -0.756. The molecule has 0 radical (unpaired) electrons. The highest BCUT2D eigenvalue weighted by molar-refractivity contribution is 6.06. The van der Waals surface area contributed by atoms with Crippen LogP contribution in [0.2, 0.25) is 0 Å². The van der Waals surface area contributed by atoms with Crippen LogP contribution in [-0.2, 0) is 35.2 Å². The first-order valence-corrected chi connectivity index (χ1v) is 15.6. The van der Waals surface area contributed by atoms with Gasteiger partial charge in [-0.05, 0) is 54.1 Å². The number of likely N-dealkylation sites (N-methyl/N-ethyl adjacent to an activating group) is 2. The van der Waals surface area contributed by atoms with Crippen molar-refractivity contribution >= 4 is 52.5 Å². The second-order valence-corrected chi connectivity index (χ2v) is 10.9. The normalized spacial score (nSPS) is 10.4. The van der Waals surface area contributed by atoms with E-state index < -0.39 is 36.9 Å². The Kier molecular flexibility index (Phi) is 13.0. The number of para-hydroxylation sites is 4. The fourth-order valence-electron chi connectivity index (χ4n) is 4.79. The van der Waals surface area contributed by atoms with Crippen molar-refractivity contribution in [2.45, 2.75) is 6.42 Å². The van der Waals surface area contributed by atoms with E-state index in [0.29, 0.717) is 22.6 Å². The third-order valence-corrected chi connectivity index (χ3v) is 7.64. The summed E-state index contributed by atoms with van der Waals surface area (Å²) in [5.74, 6) is -1.62. The van der Waals surface area contributed by atoms with Crippen molar-refractivity contribution in [3.8, 4) is 5.75 Å². The number of amides is 5. The number of methoxy groups -OCH3 is 1. The van der Waals surface area contributed by atoms with Gasteiger partial charge in [0.1, 0.15) is 12.3 Å². The van der Waals surface area contributed by atoms with Gasteiger partial charge in [-0.25, -0.2) is 4.79 Å². The first kappa shape index (κ1) is 36.6. The van der Waals surface area contributed by atoms with Gasteiger partial charge >= 0.3 is 12.0 Å². The number of urea groups is 1. The molecule has 0 spiro atoms. The average molecular weight is 682 g/mol. The van der Waals surface area contributed by atoms with Crippen molar-refractivity contribution in [3.05, 3.63) is 115 Å². The molecule has 260 valence electrons. The summed E-state index contributed by atoms with van der Waals surface area (Å²) < 4.78 is 10.6. The molecular formula is C37H39N5O8. The maximum absolute atomic E-state index is 13.9. The van der Waals surface area contributed by atoms with Crippen molar-refractivity contribution in [2.75, 3.05) is 67.8 Å². The standard InChI is InChI=1S/C37H39N5O8/c1-39(28-13-7-5-8-14-28)34(44)25-41(31-17-11-12-18-32(31)50-26-35(45)40(2)29-15-9-6-10-16-29)33(43)24-38-37(47)42(49-4)30-21-19-27(20-22-30)23-36(46)48-3/h5-22H,23-26H2,1-4H3,(H,38,47). The zero-order chi connectivity index (χ0) is 36.0. The lowest BCUT2D eigenvalue weighted by Gasteiger charge is -2.28. The van der Waals surface area contributed by atoms with Gasteiger partial charge in [-0.1, -0.05) is 60.7 Å². The summed E-state index contributed by atoms with van der Waals surface area (Å²) in [6, 6.07) is 30.2. The molecule has 0 aliphatic carbocycles. The summed E-state index contributed by atoms with van der Waals surface area (Å²) in [5.41, 5.74) is 2.53. The molecule has 0 aliphatic heterocycles. The number of carbonyl (C=O) groups excluding carboxylic acids is 5. The summed E-state index contributed by atoms with van der Waals surface area (Å²) in [7, 11) is 5.81. The minimum Gasteiger partial charge on any atom is -0.482 e. The van der Waals surface area contributed by atoms with Crippen molar-refractivity contribution in [1.29, 1.82) is 0 Å². The van der Waals surface area contributed by atoms with Gasteiger partial charge in [-0.15, -0.1) is 0 Å². The van der Waals surface area contributed by atoms with Crippen LogP contribution in [0.1, 0.15) is 5.56 Å². The molecule has 4 aromatic carbocycles. The van der Waals surface area contributed by atoms with E-state index in [9.17, 15) is 24.0 Å². The van der Waals surface area contributed by atoms with Gasteiger partial charge in [0.15, 0.2) is 6.61 Å². The van der Waals surface area contributed by atoms with E-state index in [2.05, 4.69) is 5.32 Å². The molecule has 5 amide bonds. The number of anilines is 4. The molecule has 0 fully saturated rings. The van der Waals surface area contributed by atoms with Crippen LogP contribution in [0.4, 0.5) is 27.5 Å². The van der Waals surface area contributed by atoms with Crippen LogP contribution >= 0.6 is 0 Å². The molecule has 50 heavy (non-hydrogen) atoms. The smallest absolute Gasteiger partial charge is 0.346 e. The van der Waals surface area contributed by atoms with Crippen molar-refractivity contribution in [3.63, 3.8) is 0 Å². The lowest BCUT2D eigenvalue weighted by atomic mass is 10.1. The van der Waals surface area contributed by atoms with E-state index in [1.165, 1.54) is 28.9 Å². The second-order valence-electron chi connectivity index (χ2n) is 10.9. The summed E-state index contributed by atoms with van der Waals surface area (Å²) in [6.45, 7) is -1.28. The molecule has 1 N–H and O–H groups in total. The van der Waals surface area contributed by atoms with Crippen LogP contribution in [0, 0.1) is 0 Å². The second kappa shape index (κ2) is 17.8. The molecule has 0 aliphatic rings. The number of benzene rings is 4. The Morgan fingerprint density at radius 1 is 0.640 bits per heavy atom.